The van der Waals surface area contributed by atoms with Crippen molar-refractivity contribution in [2.24, 2.45) is 0 Å². The summed E-state index contributed by atoms with van der Waals surface area (Å²) in [4.78, 5) is 29.7. The number of hydrogen-bond donors (Lipinski definition) is 1. The van der Waals surface area contributed by atoms with Crippen LogP contribution >= 0.6 is 22.9 Å². The van der Waals surface area contributed by atoms with Crippen LogP contribution in [0.15, 0.2) is 71.7 Å². The van der Waals surface area contributed by atoms with Crippen LogP contribution in [0.1, 0.15) is 15.9 Å². The number of thiazole rings is 1. The van der Waals surface area contributed by atoms with E-state index in [1.54, 1.807) is 24.4 Å². The molecule has 4 rings (SSSR count). The molecular weight excluding hydrogens is 382 g/mol. The number of amides is 1. The van der Waals surface area contributed by atoms with Gasteiger partial charge in [0.1, 0.15) is 5.56 Å². The number of anilines is 1. The van der Waals surface area contributed by atoms with Gasteiger partial charge in [-0.25, -0.2) is 4.98 Å². The van der Waals surface area contributed by atoms with Gasteiger partial charge in [-0.2, -0.15) is 0 Å². The number of pyridine rings is 1. The highest BCUT2D eigenvalue weighted by Gasteiger charge is 2.14. The Morgan fingerprint density at radius 2 is 1.96 bits per heavy atom. The molecule has 2 aromatic carbocycles. The molecule has 0 unspecified atom stereocenters. The number of hydrogen-bond acceptors (Lipinski definition) is 4. The van der Waals surface area contributed by atoms with Crippen LogP contribution < -0.4 is 10.9 Å². The molecule has 134 valence electrons. The Kier molecular flexibility index (Phi) is 4.75. The average Bonchev–Trinajstić information content (AvgIpc) is 3.05. The highest BCUT2D eigenvalue weighted by Crippen LogP contribution is 2.25. The van der Waals surface area contributed by atoms with E-state index in [1.807, 2.05) is 36.4 Å². The minimum atomic E-state index is -0.473. The second-order valence-corrected chi connectivity index (χ2v) is 7.39. The first kappa shape index (κ1) is 17.5. The van der Waals surface area contributed by atoms with Crippen molar-refractivity contribution in [1.29, 1.82) is 0 Å². The summed E-state index contributed by atoms with van der Waals surface area (Å²) in [5.41, 5.74) is 1.40. The molecule has 4 aromatic rings. The molecule has 0 aliphatic carbocycles. The Morgan fingerprint density at radius 1 is 1.11 bits per heavy atom. The summed E-state index contributed by atoms with van der Waals surface area (Å²) in [5, 5.41) is 3.79. The van der Waals surface area contributed by atoms with E-state index in [0.717, 1.165) is 15.8 Å². The number of fused-ring (bicyclic) bond motifs is 1. The molecule has 0 spiro atoms. The van der Waals surface area contributed by atoms with Crippen molar-refractivity contribution in [2.45, 2.75) is 6.54 Å². The lowest BCUT2D eigenvalue weighted by Gasteiger charge is -2.08. The van der Waals surface area contributed by atoms with E-state index < -0.39 is 5.91 Å². The van der Waals surface area contributed by atoms with Gasteiger partial charge in [-0.05, 0) is 42.0 Å². The summed E-state index contributed by atoms with van der Waals surface area (Å²) < 4.78 is 2.46. The fourth-order valence-electron chi connectivity index (χ4n) is 2.76. The van der Waals surface area contributed by atoms with E-state index in [0.29, 0.717) is 16.7 Å². The van der Waals surface area contributed by atoms with Gasteiger partial charge in [0.05, 0.1) is 16.8 Å². The molecule has 27 heavy (non-hydrogen) atoms. The fraction of sp³-hybridized carbons (Fsp3) is 0.0500. The standard InChI is InChI=1S/C20H14ClN3O2S/c21-14-6-3-5-13(11-14)12-24-10-4-7-15(19(24)26)18(25)23-20-22-16-8-1-2-9-17(16)27-20/h1-11H,12H2,(H,22,23,25). The molecule has 0 bridgehead atoms. The molecule has 0 radical (unpaired) electrons. The van der Waals surface area contributed by atoms with Crippen LogP contribution in [0.3, 0.4) is 0 Å². The molecule has 0 atom stereocenters. The van der Waals surface area contributed by atoms with Crippen molar-refractivity contribution in [1.82, 2.24) is 9.55 Å². The Labute approximate surface area is 163 Å². The first-order valence-corrected chi connectivity index (χ1v) is 9.40. The first-order chi connectivity index (χ1) is 13.1. The number of carbonyl (C=O) groups is 1. The molecule has 0 saturated carbocycles. The first-order valence-electron chi connectivity index (χ1n) is 8.21. The third kappa shape index (κ3) is 3.77. The number of benzene rings is 2. The fourth-order valence-corrected chi connectivity index (χ4v) is 3.83. The Balaban J connectivity index is 1.59. The molecule has 0 fully saturated rings. The zero-order valence-electron chi connectivity index (χ0n) is 14.1. The number of para-hydroxylation sites is 1. The lowest BCUT2D eigenvalue weighted by atomic mass is 10.2. The number of halogens is 1. The molecule has 0 saturated heterocycles. The monoisotopic (exact) mass is 395 g/mol. The van der Waals surface area contributed by atoms with Gasteiger partial charge >= 0.3 is 0 Å². The quantitative estimate of drug-likeness (QED) is 0.556. The van der Waals surface area contributed by atoms with Crippen LogP contribution in [-0.2, 0) is 6.54 Å². The van der Waals surface area contributed by atoms with Crippen LogP contribution in [0.4, 0.5) is 5.13 Å². The summed E-state index contributed by atoms with van der Waals surface area (Å²) in [7, 11) is 0. The number of nitrogens with zero attached hydrogens (tertiary/aromatic N) is 2. The minimum absolute atomic E-state index is 0.0683. The third-order valence-electron chi connectivity index (χ3n) is 4.02. The topological polar surface area (TPSA) is 64.0 Å². The maximum Gasteiger partial charge on any atom is 0.263 e. The van der Waals surface area contributed by atoms with E-state index in [-0.39, 0.29) is 11.1 Å². The smallest absolute Gasteiger partial charge is 0.263 e. The molecule has 2 heterocycles. The van der Waals surface area contributed by atoms with Crippen molar-refractivity contribution in [3.8, 4) is 0 Å². The van der Waals surface area contributed by atoms with Crippen LogP contribution in [0.5, 0.6) is 0 Å². The number of aromatic nitrogens is 2. The highest BCUT2D eigenvalue weighted by atomic mass is 35.5. The van der Waals surface area contributed by atoms with Crippen molar-refractivity contribution >= 4 is 44.2 Å². The van der Waals surface area contributed by atoms with Crippen molar-refractivity contribution in [3.05, 3.63) is 93.4 Å². The van der Waals surface area contributed by atoms with Gasteiger partial charge < -0.3 is 4.57 Å². The van der Waals surface area contributed by atoms with Gasteiger partial charge in [-0.3, -0.25) is 14.9 Å². The minimum Gasteiger partial charge on any atom is -0.310 e. The van der Waals surface area contributed by atoms with Gasteiger partial charge in [-0.1, -0.05) is 47.2 Å². The summed E-state index contributed by atoms with van der Waals surface area (Å²) in [6.45, 7) is 0.335. The maximum atomic E-state index is 12.7. The second kappa shape index (κ2) is 7.34. The predicted octanol–water partition coefficient (Wildman–Crippen LogP) is 4.41. The normalized spacial score (nSPS) is 10.9. The molecule has 0 aliphatic heterocycles. The van der Waals surface area contributed by atoms with E-state index in [4.69, 9.17) is 11.6 Å². The lowest BCUT2D eigenvalue weighted by molar-refractivity contribution is 0.102. The van der Waals surface area contributed by atoms with Crippen LogP contribution in [-0.4, -0.2) is 15.5 Å². The highest BCUT2D eigenvalue weighted by molar-refractivity contribution is 7.22. The molecule has 5 nitrogen and oxygen atoms in total. The summed E-state index contributed by atoms with van der Waals surface area (Å²) in [6, 6.07) is 18.1. The van der Waals surface area contributed by atoms with Crippen molar-refractivity contribution in [2.75, 3.05) is 5.32 Å². The molecule has 7 heteroatoms. The molecule has 1 amide bonds. The number of nitrogens with one attached hydrogen (secondary N) is 1. The second-order valence-electron chi connectivity index (χ2n) is 5.93. The summed E-state index contributed by atoms with van der Waals surface area (Å²) in [6.07, 6.45) is 1.65. The Morgan fingerprint density at radius 3 is 2.78 bits per heavy atom. The lowest BCUT2D eigenvalue weighted by Crippen LogP contribution is -2.29. The van der Waals surface area contributed by atoms with E-state index >= 15 is 0 Å². The van der Waals surface area contributed by atoms with Gasteiger partial charge in [0.2, 0.25) is 0 Å². The van der Waals surface area contributed by atoms with E-state index in [9.17, 15) is 9.59 Å². The average molecular weight is 396 g/mol. The Bertz CT molecular complexity index is 1170. The van der Waals surface area contributed by atoms with Crippen LogP contribution in [0, 0.1) is 0 Å². The molecule has 1 N–H and O–H groups in total. The number of carbonyl (C=O) groups excluding carboxylic acids is 1. The molecule has 2 aromatic heterocycles. The van der Waals surface area contributed by atoms with Crippen LogP contribution in [0.2, 0.25) is 5.02 Å². The van der Waals surface area contributed by atoms with Gasteiger partial charge in [0.25, 0.3) is 11.5 Å². The van der Waals surface area contributed by atoms with Gasteiger partial charge in [-0.15, -0.1) is 0 Å². The van der Waals surface area contributed by atoms with E-state index in [2.05, 4.69) is 10.3 Å². The molecule has 0 aliphatic rings. The largest absolute Gasteiger partial charge is 0.310 e. The van der Waals surface area contributed by atoms with E-state index in [1.165, 1.54) is 22.0 Å². The number of rotatable bonds is 4. The SMILES string of the molecule is O=C(Nc1nc2ccccc2s1)c1cccn(Cc2cccc(Cl)c2)c1=O. The van der Waals surface area contributed by atoms with Crippen molar-refractivity contribution in [3.63, 3.8) is 0 Å². The third-order valence-corrected chi connectivity index (χ3v) is 5.21. The van der Waals surface area contributed by atoms with Crippen LogP contribution in [0.25, 0.3) is 10.2 Å². The Hall–Kier alpha value is -2.96. The van der Waals surface area contributed by atoms with Gasteiger partial charge in [0, 0.05) is 11.2 Å². The zero-order chi connectivity index (χ0) is 18.8. The zero-order valence-corrected chi connectivity index (χ0v) is 15.6. The molecular formula is C20H14ClN3O2S. The maximum absolute atomic E-state index is 12.7. The summed E-state index contributed by atoms with van der Waals surface area (Å²) >= 11 is 7.37. The predicted molar refractivity (Wildman–Crippen MR) is 109 cm³/mol. The van der Waals surface area contributed by atoms with Gasteiger partial charge in [0.15, 0.2) is 5.13 Å². The van der Waals surface area contributed by atoms with Crippen molar-refractivity contribution < 1.29 is 4.79 Å². The summed E-state index contributed by atoms with van der Waals surface area (Å²) in [5.74, 6) is -0.473.